The van der Waals surface area contributed by atoms with Gasteiger partial charge in [-0.1, -0.05) is 13.3 Å². The Balaban J connectivity index is 2.27. The summed E-state index contributed by atoms with van der Waals surface area (Å²) in [6.45, 7) is 6.29. The molecule has 1 unspecified atom stereocenters. The van der Waals surface area contributed by atoms with Gasteiger partial charge in [-0.05, 0) is 37.8 Å². The van der Waals surface area contributed by atoms with E-state index in [1.807, 2.05) is 19.1 Å². The molecule has 3 nitrogen and oxygen atoms in total. The lowest BCUT2D eigenvalue weighted by Gasteiger charge is -2.33. The smallest absolute Gasteiger partial charge is 0.146 e. The summed E-state index contributed by atoms with van der Waals surface area (Å²) in [6.07, 6.45) is 3.73. The first-order valence-electron chi connectivity index (χ1n) is 6.37. The van der Waals surface area contributed by atoms with Gasteiger partial charge in [-0.3, -0.25) is 0 Å². The Kier molecular flexibility index (Phi) is 3.63. The van der Waals surface area contributed by atoms with Crippen molar-refractivity contribution in [1.29, 1.82) is 5.26 Å². The van der Waals surface area contributed by atoms with Crippen LogP contribution in [-0.4, -0.2) is 18.1 Å². The van der Waals surface area contributed by atoms with Gasteiger partial charge in [-0.25, -0.2) is 4.98 Å². The molecule has 17 heavy (non-hydrogen) atoms. The summed E-state index contributed by atoms with van der Waals surface area (Å²) in [5, 5.41) is 9.15. The maximum atomic E-state index is 9.15. The molecule has 0 spiro atoms. The Labute approximate surface area is 103 Å². The molecule has 1 saturated heterocycles. The van der Waals surface area contributed by atoms with Crippen molar-refractivity contribution < 1.29 is 0 Å². The maximum absolute atomic E-state index is 9.15. The summed E-state index contributed by atoms with van der Waals surface area (Å²) in [5.41, 5.74) is 1.69. The van der Waals surface area contributed by atoms with Gasteiger partial charge in [-0.2, -0.15) is 5.26 Å². The number of hydrogen-bond donors (Lipinski definition) is 0. The molecular weight excluding hydrogens is 210 g/mol. The van der Waals surface area contributed by atoms with Gasteiger partial charge in [0.2, 0.25) is 0 Å². The van der Waals surface area contributed by atoms with Crippen molar-refractivity contribution in [2.45, 2.75) is 33.1 Å². The lowest BCUT2D eigenvalue weighted by Crippen LogP contribution is -2.36. The molecule has 1 aromatic rings. The van der Waals surface area contributed by atoms with Gasteiger partial charge in [0, 0.05) is 18.8 Å². The van der Waals surface area contributed by atoms with Gasteiger partial charge in [0.15, 0.2) is 0 Å². The summed E-state index contributed by atoms with van der Waals surface area (Å²) in [5.74, 6) is 1.63. The highest BCUT2D eigenvalue weighted by Gasteiger charge is 2.21. The number of pyridine rings is 1. The van der Waals surface area contributed by atoms with Crippen LogP contribution >= 0.6 is 0 Å². The monoisotopic (exact) mass is 229 g/mol. The lowest BCUT2D eigenvalue weighted by molar-refractivity contribution is 0.403. The van der Waals surface area contributed by atoms with E-state index in [0.29, 0.717) is 5.56 Å². The van der Waals surface area contributed by atoms with Crippen LogP contribution < -0.4 is 4.90 Å². The van der Waals surface area contributed by atoms with Crippen LogP contribution in [-0.2, 0) is 0 Å². The Morgan fingerprint density at radius 3 is 3.06 bits per heavy atom. The SMILES string of the molecule is CCC1CCCN(c2nc(C)ccc2C#N)C1. The van der Waals surface area contributed by atoms with Crippen molar-refractivity contribution in [3.05, 3.63) is 23.4 Å². The Hall–Kier alpha value is -1.56. The first-order valence-corrected chi connectivity index (χ1v) is 6.37. The molecule has 0 N–H and O–H groups in total. The van der Waals surface area contributed by atoms with Gasteiger partial charge in [0.1, 0.15) is 11.9 Å². The van der Waals surface area contributed by atoms with E-state index in [2.05, 4.69) is 22.9 Å². The highest BCUT2D eigenvalue weighted by molar-refractivity contribution is 5.54. The number of aromatic nitrogens is 1. The summed E-state index contributed by atoms with van der Waals surface area (Å²) in [6, 6.07) is 6.04. The second-order valence-electron chi connectivity index (χ2n) is 4.80. The maximum Gasteiger partial charge on any atom is 0.146 e. The van der Waals surface area contributed by atoms with E-state index >= 15 is 0 Å². The minimum absolute atomic E-state index is 0.701. The largest absolute Gasteiger partial charge is 0.355 e. The molecule has 0 bridgehead atoms. The third-order valence-electron chi connectivity index (χ3n) is 3.53. The highest BCUT2D eigenvalue weighted by atomic mass is 15.2. The second-order valence-corrected chi connectivity index (χ2v) is 4.80. The molecule has 0 radical (unpaired) electrons. The minimum atomic E-state index is 0.701. The number of piperidine rings is 1. The molecule has 2 rings (SSSR count). The zero-order valence-electron chi connectivity index (χ0n) is 10.6. The van der Waals surface area contributed by atoms with Crippen molar-refractivity contribution in [1.82, 2.24) is 4.98 Å². The Morgan fingerprint density at radius 2 is 2.35 bits per heavy atom. The van der Waals surface area contributed by atoms with Gasteiger partial charge in [0.25, 0.3) is 0 Å². The summed E-state index contributed by atoms with van der Waals surface area (Å²) in [4.78, 5) is 6.82. The average Bonchev–Trinajstić information content (AvgIpc) is 2.39. The number of hydrogen-bond acceptors (Lipinski definition) is 3. The first-order chi connectivity index (χ1) is 8.24. The molecule has 1 atom stereocenters. The highest BCUT2D eigenvalue weighted by Crippen LogP contribution is 2.26. The molecular formula is C14H19N3. The lowest BCUT2D eigenvalue weighted by atomic mass is 9.95. The standard InChI is InChI=1S/C14H19N3/c1-3-12-5-4-8-17(10-12)14-13(9-15)7-6-11(2)16-14/h6-7,12H,3-5,8,10H2,1-2H3. The van der Waals surface area contributed by atoms with Gasteiger partial charge >= 0.3 is 0 Å². The summed E-state index contributed by atoms with van der Waals surface area (Å²) >= 11 is 0. The first kappa shape index (κ1) is 11.9. The number of anilines is 1. The molecule has 0 aliphatic carbocycles. The topological polar surface area (TPSA) is 39.9 Å². The van der Waals surface area contributed by atoms with Crippen molar-refractivity contribution in [2.24, 2.45) is 5.92 Å². The Bertz CT molecular complexity index is 434. The van der Waals surface area contributed by atoms with E-state index in [1.54, 1.807) is 0 Å². The fourth-order valence-electron chi connectivity index (χ4n) is 2.46. The molecule has 90 valence electrons. The van der Waals surface area contributed by atoms with Crippen LogP contribution in [0.15, 0.2) is 12.1 Å². The fraction of sp³-hybridized carbons (Fsp3) is 0.571. The van der Waals surface area contributed by atoms with E-state index in [-0.39, 0.29) is 0 Å². The quantitative estimate of drug-likeness (QED) is 0.783. The van der Waals surface area contributed by atoms with Crippen molar-refractivity contribution in [2.75, 3.05) is 18.0 Å². The number of nitrogens with zero attached hydrogens (tertiary/aromatic N) is 3. The predicted octanol–water partition coefficient (Wildman–Crippen LogP) is 2.89. The number of nitriles is 1. The van der Waals surface area contributed by atoms with E-state index < -0.39 is 0 Å². The third kappa shape index (κ3) is 2.58. The van der Waals surface area contributed by atoms with Crippen LogP contribution in [0.25, 0.3) is 0 Å². The van der Waals surface area contributed by atoms with Crippen LogP contribution in [0.4, 0.5) is 5.82 Å². The fourth-order valence-corrected chi connectivity index (χ4v) is 2.46. The number of rotatable bonds is 2. The van der Waals surface area contributed by atoms with Gasteiger partial charge in [-0.15, -0.1) is 0 Å². The molecule has 2 heterocycles. The molecule has 0 aromatic carbocycles. The van der Waals surface area contributed by atoms with Crippen molar-refractivity contribution in [3.63, 3.8) is 0 Å². The molecule has 0 saturated carbocycles. The van der Waals surface area contributed by atoms with E-state index in [9.17, 15) is 0 Å². The molecule has 1 aliphatic rings. The normalized spacial score (nSPS) is 20.1. The summed E-state index contributed by atoms with van der Waals surface area (Å²) < 4.78 is 0. The second kappa shape index (κ2) is 5.18. The van der Waals surface area contributed by atoms with Crippen LogP contribution in [0.3, 0.4) is 0 Å². The Morgan fingerprint density at radius 1 is 1.53 bits per heavy atom. The third-order valence-corrected chi connectivity index (χ3v) is 3.53. The molecule has 1 aromatic heterocycles. The molecule has 1 aliphatic heterocycles. The number of aryl methyl sites for hydroxylation is 1. The van der Waals surface area contributed by atoms with Crippen molar-refractivity contribution in [3.8, 4) is 6.07 Å². The molecule has 1 fully saturated rings. The van der Waals surface area contributed by atoms with Crippen LogP contribution in [0, 0.1) is 24.2 Å². The molecule has 0 amide bonds. The van der Waals surface area contributed by atoms with Crippen LogP contribution in [0.5, 0.6) is 0 Å². The summed E-state index contributed by atoms with van der Waals surface area (Å²) in [7, 11) is 0. The zero-order chi connectivity index (χ0) is 12.3. The van der Waals surface area contributed by atoms with E-state index in [0.717, 1.165) is 30.5 Å². The van der Waals surface area contributed by atoms with Crippen LogP contribution in [0.1, 0.15) is 37.4 Å². The van der Waals surface area contributed by atoms with Gasteiger partial charge in [0.05, 0.1) is 5.56 Å². The zero-order valence-corrected chi connectivity index (χ0v) is 10.6. The van der Waals surface area contributed by atoms with Gasteiger partial charge < -0.3 is 4.90 Å². The van der Waals surface area contributed by atoms with Crippen molar-refractivity contribution >= 4 is 5.82 Å². The average molecular weight is 229 g/mol. The van der Waals surface area contributed by atoms with E-state index in [4.69, 9.17) is 5.26 Å². The van der Waals surface area contributed by atoms with Crippen LogP contribution in [0.2, 0.25) is 0 Å². The minimum Gasteiger partial charge on any atom is -0.355 e. The van der Waals surface area contributed by atoms with E-state index in [1.165, 1.54) is 19.3 Å². The molecule has 3 heteroatoms. The predicted molar refractivity (Wildman–Crippen MR) is 68.9 cm³/mol.